The molecule has 19 heavy (non-hydrogen) atoms. The van der Waals surface area contributed by atoms with E-state index < -0.39 is 0 Å². The largest absolute Gasteiger partial charge is 0.392 e. The topological polar surface area (TPSA) is 80.4 Å². The van der Waals surface area contributed by atoms with Crippen molar-refractivity contribution in [3.63, 3.8) is 0 Å². The summed E-state index contributed by atoms with van der Waals surface area (Å²) in [4.78, 5) is 4.13. The zero-order valence-electron chi connectivity index (χ0n) is 10.4. The molecule has 0 fully saturated rings. The average molecular weight is 284 g/mol. The van der Waals surface area contributed by atoms with Crippen LogP contribution >= 0.6 is 11.6 Å². The Bertz CT molecular complexity index is 545. The van der Waals surface area contributed by atoms with Crippen molar-refractivity contribution < 1.29 is 14.4 Å². The molecule has 1 aromatic heterocycles. The minimum absolute atomic E-state index is 0.0373. The summed E-state index contributed by atoms with van der Waals surface area (Å²) in [5, 5.41) is 16.5. The highest BCUT2D eigenvalue weighted by molar-refractivity contribution is 6.33. The van der Waals surface area contributed by atoms with Crippen LogP contribution in [0.15, 0.2) is 22.7 Å². The third-order valence-corrected chi connectivity index (χ3v) is 2.76. The van der Waals surface area contributed by atoms with Gasteiger partial charge in [-0.25, -0.2) is 0 Å². The Morgan fingerprint density at radius 3 is 3.05 bits per heavy atom. The Morgan fingerprint density at radius 2 is 2.32 bits per heavy atom. The van der Waals surface area contributed by atoms with E-state index >= 15 is 0 Å². The molecule has 6 nitrogen and oxygen atoms in total. The molecule has 0 bridgehead atoms. The maximum absolute atomic E-state index is 9.07. The number of aliphatic hydroxyl groups excluding tert-OH is 1. The molecule has 2 rings (SSSR count). The van der Waals surface area contributed by atoms with E-state index in [1.54, 1.807) is 25.3 Å². The first-order chi connectivity index (χ1) is 9.22. The van der Waals surface area contributed by atoms with Gasteiger partial charge in [0.25, 0.3) is 0 Å². The van der Waals surface area contributed by atoms with Crippen LogP contribution < -0.4 is 5.32 Å². The lowest BCUT2D eigenvalue weighted by molar-refractivity contribution is 0.174. The fourth-order valence-corrected chi connectivity index (χ4v) is 1.71. The third kappa shape index (κ3) is 3.66. The summed E-state index contributed by atoms with van der Waals surface area (Å²) < 4.78 is 9.94. The summed E-state index contributed by atoms with van der Waals surface area (Å²) in [5.41, 5.74) is 1.48. The van der Waals surface area contributed by atoms with E-state index in [0.29, 0.717) is 35.6 Å². The molecule has 1 aromatic carbocycles. The molecule has 2 aromatic rings. The van der Waals surface area contributed by atoms with Gasteiger partial charge in [-0.05, 0) is 17.7 Å². The average Bonchev–Trinajstić information content (AvgIpc) is 2.86. The molecule has 0 aliphatic heterocycles. The molecule has 0 saturated heterocycles. The van der Waals surface area contributed by atoms with Crippen molar-refractivity contribution in [1.29, 1.82) is 0 Å². The van der Waals surface area contributed by atoms with Gasteiger partial charge in [-0.1, -0.05) is 22.8 Å². The summed E-state index contributed by atoms with van der Waals surface area (Å²) in [6, 6.07) is 5.26. The summed E-state index contributed by atoms with van der Waals surface area (Å²) in [6.07, 6.45) is 0. The van der Waals surface area contributed by atoms with Gasteiger partial charge in [-0.3, -0.25) is 0 Å². The molecule has 0 aliphatic rings. The molecule has 7 heteroatoms. The highest BCUT2D eigenvalue weighted by Crippen LogP contribution is 2.23. The molecular weight excluding hydrogens is 270 g/mol. The van der Waals surface area contributed by atoms with Crippen LogP contribution in [0.25, 0.3) is 0 Å². The number of anilines is 1. The predicted molar refractivity (Wildman–Crippen MR) is 69.7 cm³/mol. The van der Waals surface area contributed by atoms with Crippen molar-refractivity contribution in [2.45, 2.75) is 19.8 Å². The van der Waals surface area contributed by atoms with Crippen molar-refractivity contribution in [2.24, 2.45) is 0 Å². The summed E-state index contributed by atoms with van der Waals surface area (Å²) in [6.45, 7) is 0.625. The smallest absolute Gasteiger partial charge is 0.246 e. The fraction of sp³-hybridized carbons (Fsp3) is 0.333. The number of halogens is 1. The molecule has 2 N–H and O–H groups in total. The number of aromatic nitrogens is 2. The van der Waals surface area contributed by atoms with E-state index in [4.69, 9.17) is 26.0 Å². The van der Waals surface area contributed by atoms with Gasteiger partial charge in [-0.2, -0.15) is 4.98 Å². The number of hydrogen-bond acceptors (Lipinski definition) is 6. The van der Waals surface area contributed by atoms with Crippen LogP contribution in [-0.4, -0.2) is 22.4 Å². The van der Waals surface area contributed by atoms with Gasteiger partial charge in [-0.15, -0.1) is 0 Å². The number of nitrogens with zero attached hydrogens (tertiary/aromatic N) is 2. The second kappa shape index (κ2) is 6.51. The van der Waals surface area contributed by atoms with E-state index in [1.807, 2.05) is 0 Å². The van der Waals surface area contributed by atoms with Crippen LogP contribution in [0.4, 0.5) is 5.69 Å². The number of nitrogens with one attached hydrogen (secondary N) is 1. The Labute approximate surface area is 115 Å². The van der Waals surface area contributed by atoms with Gasteiger partial charge in [0.05, 0.1) is 23.9 Å². The molecule has 0 spiro atoms. The standard InChI is InChI=1S/C12H14ClN3O3/c1-18-7-11-15-12(19-16-11)5-14-10-4-8(6-17)2-3-9(10)13/h2-4,14,17H,5-7H2,1H3. The third-order valence-electron chi connectivity index (χ3n) is 2.43. The van der Waals surface area contributed by atoms with Crippen LogP contribution in [0.1, 0.15) is 17.3 Å². The van der Waals surface area contributed by atoms with Crippen molar-refractivity contribution in [1.82, 2.24) is 10.1 Å². The van der Waals surface area contributed by atoms with E-state index in [9.17, 15) is 0 Å². The summed E-state index contributed by atoms with van der Waals surface area (Å²) in [5.74, 6) is 0.937. The Hall–Kier alpha value is -1.63. The van der Waals surface area contributed by atoms with Gasteiger partial charge in [0.15, 0.2) is 5.82 Å². The summed E-state index contributed by atoms with van der Waals surface area (Å²) >= 11 is 6.04. The van der Waals surface area contributed by atoms with Crippen molar-refractivity contribution in [3.05, 3.63) is 40.5 Å². The second-order valence-corrected chi connectivity index (χ2v) is 4.27. The van der Waals surface area contributed by atoms with Gasteiger partial charge >= 0.3 is 0 Å². The number of benzene rings is 1. The van der Waals surface area contributed by atoms with Crippen LogP contribution in [0.5, 0.6) is 0 Å². The van der Waals surface area contributed by atoms with Gasteiger partial charge in [0, 0.05) is 7.11 Å². The maximum atomic E-state index is 9.07. The molecule has 0 saturated carbocycles. The zero-order valence-corrected chi connectivity index (χ0v) is 11.1. The van der Waals surface area contributed by atoms with Crippen molar-refractivity contribution in [2.75, 3.05) is 12.4 Å². The molecule has 0 aliphatic carbocycles. The van der Waals surface area contributed by atoms with E-state index in [2.05, 4.69) is 15.5 Å². The molecule has 0 radical (unpaired) electrons. The Morgan fingerprint density at radius 1 is 1.47 bits per heavy atom. The number of hydrogen-bond donors (Lipinski definition) is 2. The first-order valence-electron chi connectivity index (χ1n) is 5.66. The lowest BCUT2D eigenvalue weighted by Gasteiger charge is -2.07. The highest BCUT2D eigenvalue weighted by atomic mass is 35.5. The monoisotopic (exact) mass is 283 g/mol. The van der Waals surface area contributed by atoms with E-state index in [0.717, 1.165) is 5.56 Å². The van der Waals surface area contributed by atoms with Crippen LogP contribution in [0.3, 0.4) is 0 Å². The van der Waals surface area contributed by atoms with Crippen molar-refractivity contribution in [3.8, 4) is 0 Å². The minimum atomic E-state index is -0.0373. The molecular formula is C12H14ClN3O3. The maximum Gasteiger partial charge on any atom is 0.246 e. The van der Waals surface area contributed by atoms with Gasteiger partial charge in [0.2, 0.25) is 5.89 Å². The quantitative estimate of drug-likeness (QED) is 0.844. The first kappa shape index (κ1) is 13.8. The second-order valence-electron chi connectivity index (χ2n) is 3.86. The first-order valence-corrected chi connectivity index (χ1v) is 6.04. The lowest BCUT2D eigenvalue weighted by Crippen LogP contribution is -2.01. The van der Waals surface area contributed by atoms with Gasteiger partial charge < -0.3 is 19.7 Å². The Kier molecular flexibility index (Phi) is 4.73. The van der Waals surface area contributed by atoms with E-state index in [-0.39, 0.29) is 6.61 Å². The highest BCUT2D eigenvalue weighted by Gasteiger charge is 2.07. The molecule has 0 amide bonds. The predicted octanol–water partition coefficient (Wildman–Crippen LogP) is 1.97. The molecule has 102 valence electrons. The van der Waals surface area contributed by atoms with Crippen LogP contribution in [-0.2, 0) is 24.5 Å². The van der Waals surface area contributed by atoms with E-state index in [1.165, 1.54) is 0 Å². The number of methoxy groups -OCH3 is 1. The SMILES string of the molecule is COCc1noc(CNc2cc(CO)ccc2Cl)n1. The zero-order chi connectivity index (χ0) is 13.7. The normalized spacial score (nSPS) is 10.7. The number of aliphatic hydroxyl groups is 1. The molecule has 0 atom stereocenters. The Balaban J connectivity index is 2.01. The minimum Gasteiger partial charge on any atom is -0.392 e. The number of rotatable bonds is 6. The fourth-order valence-electron chi connectivity index (χ4n) is 1.53. The molecule has 1 heterocycles. The lowest BCUT2D eigenvalue weighted by atomic mass is 10.2. The van der Waals surface area contributed by atoms with Crippen LogP contribution in [0, 0.1) is 0 Å². The number of ether oxygens (including phenoxy) is 1. The van der Waals surface area contributed by atoms with Gasteiger partial charge in [0.1, 0.15) is 6.61 Å². The van der Waals surface area contributed by atoms with Crippen molar-refractivity contribution >= 4 is 17.3 Å². The summed E-state index contributed by atoms with van der Waals surface area (Å²) in [7, 11) is 1.56. The van der Waals surface area contributed by atoms with Crippen LogP contribution in [0.2, 0.25) is 5.02 Å². The molecule has 0 unspecified atom stereocenters.